The normalized spacial score (nSPS) is 16.1. The molecule has 0 spiro atoms. The van der Waals surface area contributed by atoms with Crippen LogP contribution < -0.4 is 14.8 Å². The molecule has 0 radical (unpaired) electrons. The van der Waals surface area contributed by atoms with E-state index in [0.29, 0.717) is 17.2 Å². The number of nitrogens with zero attached hydrogens (tertiary/aromatic N) is 1. The Labute approximate surface area is 180 Å². The first-order chi connectivity index (χ1) is 15.0. The van der Waals surface area contributed by atoms with Crippen molar-refractivity contribution < 1.29 is 28.2 Å². The molecule has 2 aromatic carbocycles. The lowest BCUT2D eigenvalue weighted by Gasteiger charge is -2.36. The van der Waals surface area contributed by atoms with Crippen molar-refractivity contribution in [1.29, 1.82) is 0 Å². The molecule has 0 bridgehead atoms. The Morgan fingerprint density at radius 1 is 1.10 bits per heavy atom. The number of likely N-dealkylation sites (N-methyl/N-ethyl adjacent to an activating group) is 1. The van der Waals surface area contributed by atoms with Gasteiger partial charge >= 0.3 is 12.0 Å². The number of methoxy groups -OCH3 is 1. The third kappa shape index (κ3) is 4.63. The average Bonchev–Trinajstić information content (AvgIpc) is 2.77. The molecule has 0 saturated carbocycles. The number of esters is 1. The molecule has 8 heteroatoms. The van der Waals surface area contributed by atoms with Crippen LogP contribution in [0.25, 0.3) is 0 Å². The number of ether oxygens (including phenoxy) is 3. The van der Waals surface area contributed by atoms with Crippen molar-refractivity contribution in [3.05, 3.63) is 71.2 Å². The van der Waals surface area contributed by atoms with Crippen LogP contribution in [0, 0.1) is 5.82 Å². The molecule has 1 N–H and O–H groups in total. The first-order valence-electron chi connectivity index (χ1n) is 10.00. The number of amides is 2. The number of nitrogens with one attached hydrogen (secondary N) is 1. The molecule has 1 unspecified atom stereocenters. The third-order valence-corrected chi connectivity index (χ3v) is 4.90. The van der Waals surface area contributed by atoms with Crippen LogP contribution in [0.5, 0.6) is 11.5 Å². The van der Waals surface area contributed by atoms with Gasteiger partial charge in [-0.05, 0) is 32.0 Å². The zero-order valence-electron chi connectivity index (χ0n) is 17.7. The van der Waals surface area contributed by atoms with Gasteiger partial charge in [-0.1, -0.05) is 30.3 Å². The van der Waals surface area contributed by atoms with Gasteiger partial charge in [-0.15, -0.1) is 0 Å². The minimum absolute atomic E-state index is 0.110. The summed E-state index contributed by atoms with van der Waals surface area (Å²) in [7, 11) is 1.52. The first-order valence-corrected chi connectivity index (χ1v) is 10.00. The maximum Gasteiger partial charge on any atom is 0.338 e. The van der Waals surface area contributed by atoms with E-state index in [0.717, 1.165) is 0 Å². The molecule has 1 aliphatic rings. The van der Waals surface area contributed by atoms with Gasteiger partial charge in [0.15, 0.2) is 11.5 Å². The molecule has 0 fully saturated rings. The molecule has 3 rings (SSSR count). The molecular weight excluding hydrogens is 403 g/mol. The Morgan fingerprint density at radius 3 is 2.42 bits per heavy atom. The molecule has 0 aromatic heterocycles. The fourth-order valence-corrected chi connectivity index (χ4v) is 3.47. The molecule has 0 saturated heterocycles. The minimum Gasteiger partial charge on any atom is -0.493 e. The summed E-state index contributed by atoms with van der Waals surface area (Å²) in [5.74, 6) is -0.225. The molecular formula is C23H25FN2O5. The highest BCUT2D eigenvalue weighted by molar-refractivity contribution is 5.95. The van der Waals surface area contributed by atoms with Gasteiger partial charge in [-0.3, -0.25) is 4.90 Å². The lowest BCUT2D eigenvalue weighted by Crippen LogP contribution is -2.49. The van der Waals surface area contributed by atoms with Crippen molar-refractivity contribution in [2.75, 3.05) is 26.9 Å². The maximum atomic E-state index is 14.6. The van der Waals surface area contributed by atoms with Gasteiger partial charge < -0.3 is 19.5 Å². The van der Waals surface area contributed by atoms with Crippen molar-refractivity contribution in [1.82, 2.24) is 10.2 Å². The lowest BCUT2D eigenvalue weighted by atomic mass is 9.94. The van der Waals surface area contributed by atoms with Crippen LogP contribution in [0.4, 0.5) is 9.18 Å². The van der Waals surface area contributed by atoms with Crippen LogP contribution in [0.3, 0.4) is 0 Å². The van der Waals surface area contributed by atoms with Gasteiger partial charge in [-0.2, -0.15) is 0 Å². The second kappa shape index (κ2) is 9.97. The summed E-state index contributed by atoms with van der Waals surface area (Å²) < 4.78 is 31.1. The largest absolute Gasteiger partial charge is 0.493 e. The van der Waals surface area contributed by atoms with Gasteiger partial charge in [0.1, 0.15) is 12.4 Å². The zero-order valence-corrected chi connectivity index (χ0v) is 17.7. The van der Waals surface area contributed by atoms with Crippen molar-refractivity contribution in [3.63, 3.8) is 0 Å². The Hall–Kier alpha value is -3.55. The fraction of sp³-hybridized carbons (Fsp3) is 0.304. The lowest BCUT2D eigenvalue weighted by molar-refractivity contribution is -0.139. The van der Waals surface area contributed by atoms with Crippen molar-refractivity contribution in [3.8, 4) is 11.5 Å². The van der Waals surface area contributed by atoms with Crippen LogP contribution in [0.15, 0.2) is 59.8 Å². The number of hydrogen-bond donors (Lipinski definition) is 1. The molecule has 7 nitrogen and oxygen atoms in total. The summed E-state index contributed by atoms with van der Waals surface area (Å²) in [6.45, 7) is 3.76. The summed E-state index contributed by atoms with van der Waals surface area (Å²) in [6, 6.07) is 11.6. The van der Waals surface area contributed by atoms with Crippen LogP contribution >= 0.6 is 0 Å². The number of carbonyl (C=O) groups excluding carboxylic acids is 2. The molecule has 1 atom stereocenters. The van der Waals surface area contributed by atoms with Crippen LogP contribution in [-0.2, 0) is 9.53 Å². The van der Waals surface area contributed by atoms with Crippen LogP contribution in [0.1, 0.15) is 25.5 Å². The molecule has 2 amide bonds. The molecule has 0 aliphatic carbocycles. The number of halogens is 1. The van der Waals surface area contributed by atoms with Gasteiger partial charge in [0.05, 0.1) is 31.0 Å². The first kappa shape index (κ1) is 22.1. The van der Waals surface area contributed by atoms with E-state index in [1.165, 1.54) is 24.1 Å². The Morgan fingerprint density at radius 2 is 1.77 bits per heavy atom. The van der Waals surface area contributed by atoms with Crippen LogP contribution in [0.2, 0.25) is 0 Å². The number of urea groups is 1. The second-order valence-electron chi connectivity index (χ2n) is 6.67. The smallest absolute Gasteiger partial charge is 0.338 e. The van der Waals surface area contributed by atoms with Gasteiger partial charge in [-0.25, -0.2) is 14.0 Å². The fourth-order valence-electron chi connectivity index (χ4n) is 3.47. The number of para-hydroxylation sites is 2. The van der Waals surface area contributed by atoms with E-state index in [4.69, 9.17) is 14.2 Å². The predicted octanol–water partition coefficient (Wildman–Crippen LogP) is 3.82. The monoisotopic (exact) mass is 428 g/mol. The highest BCUT2D eigenvalue weighted by Crippen LogP contribution is 2.34. The van der Waals surface area contributed by atoms with E-state index in [9.17, 15) is 14.0 Å². The van der Waals surface area contributed by atoms with E-state index >= 15 is 0 Å². The quantitative estimate of drug-likeness (QED) is 0.647. The summed E-state index contributed by atoms with van der Waals surface area (Å²) in [4.78, 5) is 27.2. The van der Waals surface area contributed by atoms with E-state index in [1.807, 2.05) is 0 Å². The number of benzene rings is 2. The van der Waals surface area contributed by atoms with E-state index < -0.39 is 23.9 Å². The summed E-state index contributed by atoms with van der Waals surface area (Å²) in [5, 5.41) is 2.72. The average molecular weight is 428 g/mol. The van der Waals surface area contributed by atoms with Crippen molar-refractivity contribution in [2.24, 2.45) is 0 Å². The molecule has 164 valence electrons. The summed E-state index contributed by atoms with van der Waals surface area (Å²) in [6.07, 6.45) is 0. The summed E-state index contributed by atoms with van der Waals surface area (Å²) in [5.41, 5.74) is 0.608. The van der Waals surface area contributed by atoms with E-state index in [-0.39, 0.29) is 30.9 Å². The Kier molecular flexibility index (Phi) is 7.12. The summed E-state index contributed by atoms with van der Waals surface area (Å²) >= 11 is 0. The zero-order chi connectivity index (χ0) is 22.4. The SMILES string of the molecule is CCOC(=O)C1=C(COc2ccccc2OC)N(CC)C(=O)NC1c1ccccc1F. The van der Waals surface area contributed by atoms with Crippen LogP contribution in [-0.4, -0.2) is 43.8 Å². The molecule has 31 heavy (non-hydrogen) atoms. The van der Waals surface area contributed by atoms with E-state index in [2.05, 4.69) is 5.32 Å². The van der Waals surface area contributed by atoms with Crippen molar-refractivity contribution >= 4 is 12.0 Å². The second-order valence-corrected chi connectivity index (χ2v) is 6.67. The molecule has 1 heterocycles. The maximum absolute atomic E-state index is 14.6. The topological polar surface area (TPSA) is 77.1 Å². The number of carbonyl (C=O) groups is 2. The third-order valence-electron chi connectivity index (χ3n) is 4.90. The number of hydrogen-bond acceptors (Lipinski definition) is 5. The Balaban J connectivity index is 2.10. The standard InChI is InChI=1S/C23H25FN2O5/c1-4-26-17(14-31-19-13-9-8-12-18(19)29-3)20(22(27)30-5-2)21(25-23(26)28)15-10-6-7-11-16(15)24/h6-13,21H,4-5,14H2,1-3H3,(H,25,28). The molecule has 1 aliphatic heterocycles. The molecule has 2 aromatic rings. The van der Waals surface area contributed by atoms with Gasteiger partial charge in [0.2, 0.25) is 0 Å². The van der Waals surface area contributed by atoms with E-state index in [1.54, 1.807) is 50.2 Å². The number of rotatable bonds is 8. The minimum atomic E-state index is -1.01. The van der Waals surface area contributed by atoms with Crippen molar-refractivity contribution in [2.45, 2.75) is 19.9 Å². The highest BCUT2D eigenvalue weighted by Gasteiger charge is 2.39. The van der Waals surface area contributed by atoms with Gasteiger partial charge in [0, 0.05) is 12.1 Å². The predicted molar refractivity (Wildman–Crippen MR) is 112 cm³/mol. The van der Waals surface area contributed by atoms with Gasteiger partial charge in [0.25, 0.3) is 0 Å². The Bertz CT molecular complexity index is 991. The highest BCUT2D eigenvalue weighted by atomic mass is 19.1.